The molecule has 12 heteroatoms. The summed E-state index contributed by atoms with van der Waals surface area (Å²) in [7, 11) is 0. The summed E-state index contributed by atoms with van der Waals surface area (Å²) < 4.78 is 59.4. The van der Waals surface area contributed by atoms with E-state index in [0.29, 0.717) is 18.6 Å². The van der Waals surface area contributed by atoms with E-state index >= 15 is 0 Å². The Hall–Kier alpha value is -5.52. The highest BCUT2D eigenvalue weighted by Gasteiger charge is 2.21. The number of alkyl halides is 2. The van der Waals surface area contributed by atoms with Crippen molar-refractivity contribution >= 4 is 23.9 Å². The van der Waals surface area contributed by atoms with Crippen molar-refractivity contribution in [3.8, 4) is 23.0 Å². The van der Waals surface area contributed by atoms with Crippen molar-refractivity contribution in [2.75, 3.05) is 0 Å². The molecule has 0 bridgehead atoms. The molecule has 2 atom stereocenters. The molecule has 0 spiro atoms. The van der Waals surface area contributed by atoms with E-state index in [-0.39, 0.29) is 22.6 Å². The molecule has 0 aliphatic rings. The summed E-state index contributed by atoms with van der Waals surface area (Å²) in [5.74, 6) is -3.12. The number of carbonyl (C=O) groups is 4. The summed E-state index contributed by atoms with van der Waals surface area (Å²) in [4.78, 5) is 48.1. The van der Waals surface area contributed by atoms with Gasteiger partial charge in [-0.25, -0.2) is 28.0 Å². The van der Waals surface area contributed by atoms with Crippen LogP contribution in [-0.2, 0) is 19.1 Å². The average Bonchev–Trinajstić information content (AvgIpc) is 3.04. The zero-order chi connectivity index (χ0) is 32.9. The van der Waals surface area contributed by atoms with E-state index in [1.165, 1.54) is 54.6 Å². The Morgan fingerprint density at radius 3 is 1.49 bits per heavy atom. The lowest BCUT2D eigenvalue weighted by Gasteiger charge is -2.17. The molecule has 2 unspecified atom stereocenters. The Bertz CT molecular complexity index is 1520. The van der Waals surface area contributed by atoms with E-state index in [4.69, 9.17) is 28.4 Å². The zero-order valence-corrected chi connectivity index (χ0v) is 24.4. The fraction of sp³-hybridized carbons (Fsp3) is 0.212. The van der Waals surface area contributed by atoms with Gasteiger partial charge in [0.2, 0.25) is 12.6 Å². The van der Waals surface area contributed by atoms with Crippen LogP contribution in [0, 0.1) is 0 Å². The third-order valence-electron chi connectivity index (χ3n) is 5.84. The standard InChI is InChI=1S/C33H30F2O10/c1-5-27(36)44-29(7-3)40-22-13-9-20(10-14-22)32(38)42-24-17-18-26(25(19-24)31(34)35)43-33(39)21-11-15-23(16-12-21)41-30(8-4)45-28(37)6-2/h5-6,9-19,29-31H,1-2,7-8H2,3-4H3. The first kappa shape index (κ1) is 34.0. The summed E-state index contributed by atoms with van der Waals surface area (Å²) in [6.07, 6.45) is -2.09. The van der Waals surface area contributed by atoms with Crippen molar-refractivity contribution in [3.05, 3.63) is 109 Å². The van der Waals surface area contributed by atoms with Gasteiger partial charge < -0.3 is 28.4 Å². The second-order valence-corrected chi connectivity index (χ2v) is 9.02. The smallest absolute Gasteiger partial charge is 0.343 e. The van der Waals surface area contributed by atoms with Crippen LogP contribution in [-0.4, -0.2) is 36.5 Å². The fourth-order valence-corrected chi connectivity index (χ4v) is 3.56. The summed E-state index contributed by atoms with van der Waals surface area (Å²) in [5, 5.41) is 0. The Kier molecular flexibility index (Phi) is 12.4. The van der Waals surface area contributed by atoms with Gasteiger partial charge in [-0.05, 0) is 66.7 Å². The lowest BCUT2D eigenvalue weighted by atomic mass is 10.1. The van der Waals surface area contributed by atoms with E-state index in [1.807, 2.05) is 0 Å². The van der Waals surface area contributed by atoms with Crippen LogP contribution in [0.4, 0.5) is 8.78 Å². The monoisotopic (exact) mass is 624 g/mol. The topological polar surface area (TPSA) is 124 Å². The molecule has 0 aromatic heterocycles. The first-order valence-corrected chi connectivity index (χ1v) is 13.6. The van der Waals surface area contributed by atoms with Crippen LogP contribution < -0.4 is 18.9 Å². The molecule has 45 heavy (non-hydrogen) atoms. The predicted octanol–water partition coefficient (Wildman–Crippen LogP) is 6.75. The number of rotatable bonds is 15. The molecule has 0 N–H and O–H groups in total. The minimum atomic E-state index is -3.07. The number of esters is 4. The number of hydrogen-bond acceptors (Lipinski definition) is 10. The highest BCUT2D eigenvalue weighted by atomic mass is 19.3. The normalized spacial score (nSPS) is 11.8. The summed E-state index contributed by atoms with van der Waals surface area (Å²) in [5.41, 5.74) is -0.554. The largest absolute Gasteiger partial charge is 0.455 e. The van der Waals surface area contributed by atoms with Crippen molar-refractivity contribution in [1.29, 1.82) is 0 Å². The highest BCUT2D eigenvalue weighted by molar-refractivity contribution is 5.92. The molecule has 3 rings (SSSR count). The second kappa shape index (κ2) is 16.4. The van der Waals surface area contributed by atoms with Gasteiger partial charge >= 0.3 is 23.9 Å². The highest BCUT2D eigenvalue weighted by Crippen LogP contribution is 2.33. The molecule has 3 aromatic carbocycles. The van der Waals surface area contributed by atoms with Gasteiger partial charge in [0.1, 0.15) is 23.0 Å². The minimum absolute atomic E-state index is 0.0331. The third kappa shape index (κ3) is 10.0. The molecule has 0 aliphatic carbocycles. The number of ether oxygens (including phenoxy) is 6. The van der Waals surface area contributed by atoms with Gasteiger partial charge in [0.15, 0.2) is 0 Å². The van der Waals surface area contributed by atoms with Crippen LogP contribution >= 0.6 is 0 Å². The first-order valence-electron chi connectivity index (χ1n) is 13.6. The number of hydrogen-bond donors (Lipinski definition) is 0. The van der Waals surface area contributed by atoms with Crippen molar-refractivity contribution < 1.29 is 56.4 Å². The lowest BCUT2D eigenvalue weighted by Crippen LogP contribution is -2.22. The molecule has 0 heterocycles. The van der Waals surface area contributed by atoms with Crippen molar-refractivity contribution in [2.45, 2.75) is 45.7 Å². The molecule has 0 fully saturated rings. The molecule has 3 aromatic rings. The van der Waals surface area contributed by atoms with Crippen LogP contribution in [0.1, 0.15) is 59.4 Å². The minimum Gasteiger partial charge on any atom is -0.455 e. The molecular weight excluding hydrogens is 594 g/mol. The van der Waals surface area contributed by atoms with Gasteiger partial charge in [0.05, 0.1) is 16.7 Å². The van der Waals surface area contributed by atoms with E-state index < -0.39 is 54.2 Å². The van der Waals surface area contributed by atoms with Gasteiger partial charge in [0.25, 0.3) is 6.43 Å². The molecule has 0 amide bonds. The van der Waals surface area contributed by atoms with Crippen LogP contribution in [0.5, 0.6) is 23.0 Å². The molecule has 0 radical (unpaired) electrons. The Balaban J connectivity index is 1.65. The molecule has 236 valence electrons. The van der Waals surface area contributed by atoms with Crippen LogP contribution in [0.15, 0.2) is 92.0 Å². The first-order chi connectivity index (χ1) is 21.6. The third-order valence-corrected chi connectivity index (χ3v) is 5.84. The molecule has 10 nitrogen and oxygen atoms in total. The lowest BCUT2D eigenvalue weighted by molar-refractivity contribution is -0.158. The average molecular weight is 625 g/mol. The summed E-state index contributed by atoms with van der Waals surface area (Å²) in [6.45, 7) is 10.1. The Morgan fingerprint density at radius 1 is 0.667 bits per heavy atom. The van der Waals surface area contributed by atoms with Gasteiger partial charge in [0, 0.05) is 25.0 Å². The maximum Gasteiger partial charge on any atom is 0.343 e. The number of carbonyl (C=O) groups excluding carboxylic acids is 4. The second-order valence-electron chi connectivity index (χ2n) is 9.02. The maximum atomic E-state index is 13.9. The van der Waals surface area contributed by atoms with E-state index in [1.54, 1.807) is 13.8 Å². The van der Waals surface area contributed by atoms with Crippen molar-refractivity contribution in [1.82, 2.24) is 0 Å². The summed E-state index contributed by atoms with van der Waals surface area (Å²) >= 11 is 0. The predicted molar refractivity (Wildman–Crippen MR) is 156 cm³/mol. The molecule has 0 aliphatic heterocycles. The SMILES string of the molecule is C=CC(=O)OC(CC)Oc1ccc(C(=O)Oc2ccc(OC(=O)c3ccc(OC(CC)OC(=O)C=C)cc3)c(C(F)F)c2)cc1. The number of benzene rings is 3. The van der Waals surface area contributed by atoms with Gasteiger partial charge in [-0.15, -0.1) is 0 Å². The maximum absolute atomic E-state index is 13.9. The van der Waals surface area contributed by atoms with E-state index in [9.17, 15) is 28.0 Å². The Morgan fingerprint density at radius 2 is 1.09 bits per heavy atom. The van der Waals surface area contributed by atoms with E-state index in [2.05, 4.69) is 13.2 Å². The number of halogens is 2. The molecular formula is C33H30F2O10. The Labute approximate surface area is 257 Å². The van der Waals surface area contributed by atoms with Crippen molar-refractivity contribution in [2.24, 2.45) is 0 Å². The van der Waals surface area contributed by atoms with E-state index in [0.717, 1.165) is 24.3 Å². The zero-order valence-electron chi connectivity index (χ0n) is 24.4. The van der Waals surface area contributed by atoms with Crippen LogP contribution in [0.25, 0.3) is 0 Å². The summed E-state index contributed by atoms with van der Waals surface area (Å²) in [6, 6.07) is 14.4. The quantitative estimate of drug-likeness (QED) is 0.0776. The van der Waals surface area contributed by atoms with Gasteiger partial charge in [-0.1, -0.05) is 27.0 Å². The fourth-order valence-electron chi connectivity index (χ4n) is 3.56. The van der Waals surface area contributed by atoms with Gasteiger partial charge in [-0.2, -0.15) is 0 Å². The molecule has 0 saturated heterocycles. The van der Waals surface area contributed by atoms with Gasteiger partial charge in [-0.3, -0.25) is 0 Å². The van der Waals surface area contributed by atoms with Crippen LogP contribution in [0.3, 0.4) is 0 Å². The van der Waals surface area contributed by atoms with Crippen molar-refractivity contribution in [3.63, 3.8) is 0 Å². The molecule has 0 saturated carbocycles. The van der Waals surface area contributed by atoms with Crippen LogP contribution in [0.2, 0.25) is 0 Å².